The van der Waals surface area contributed by atoms with Crippen molar-refractivity contribution in [3.63, 3.8) is 0 Å². The van der Waals surface area contributed by atoms with Gasteiger partial charge < -0.3 is 10.2 Å². The number of anilines is 1. The van der Waals surface area contributed by atoms with Gasteiger partial charge in [-0.05, 0) is 37.6 Å². The summed E-state index contributed by atoms with van der Waals surface area (Å²) in [6.45, 7) is 5.19. The van der Waals surface area contributed by atoms with E-state index in [4.69, 9.17) is 0 Å². The van der Waals surface area contributed by atoms with Gasteiger partial charge in [-0.3, -0.25) is 4.79 Å². The van der Waals surface area contributed by atoms with Gasteiger partial charge in [0.05, 0.1) is 12.1 Å². The lowest BCUT2D eigenvalue weighted by Crippen LogP contribution is -2.32. The molecule has 0 aromatic heterocycles. The quantitative estimate of drug-likeness (QED) is 0.846. The molecule has 3 heteroatoms. The molecule has 124 valence electrons. The largest absolute Gasteiger partial charge is 0.387 e. The zero-order chi connectivity index (χ0) is 17.4. The second-order valence-electron chi connectivity index (χ2n) is 5.69. The Balaban J connectivity index is 2.20. The van der Waals surface area contributed by atoms with Gasteiger partial charge in [-0.25, -0.2) is 0 Å². The van der Waals surface area contributed by atoms with Crippen LogP contribution in [0.5, 0.6) is 0 Å². The van der Waals surface area contributed by atoms with E-state index in [-0.39, 0.29) is 5.91 Å². The van der Waals surface area contributed by atoms with Crippen molar-refractivity contribution in [3.05, 3.63) is 65.2 Å². The highest BCUT2D eigenvalue weighted by Gasteiger charge is 2.17. The van der Waals surface area contributed by atoms with Crippen LogP contribution in [-0.2, 0) is 0 Å². The Morgan fingerprint density at radius 2 is 1.92 bits per heavy atom. The Morgan fingerprint density at radius 1 is 1.17 bits per heavy atom. The summed E-state index contributed by atoms with van der Waals surface area (Å²) in [6.07, 6.45) is 0.902. The first kappa shape index (κ1) is 17.6. The van der Waals surface area contributed by atoms with Crippen molar-refractivity contribution < 1.29 is 4.79 Å². The zero-order valence-electron chi connectivity index (χ0n) is 14.6. The number of hydrogen-bond donors (Lipinski definition) is 1. The number of benzene rings is 2. The van der Waals surface area contributed by atoms with Crippen LogP contribution < -0.4 is 5.32 Å². The third kappa shape index (κ3) is 4.63. The number of amides is 1. The van der Waals surface area contributed by atoms with E-state index in [1.807, 2.05) is 67.4 Å². The first-order valence-electron chi connectivity index (χ1n) is 8.27. The number of nitrogens with one attached hydrogen (secondary N) is 1. The molecule has 0 spiro atoms. The molecule has 0 saturated carbocycles. The summed E-state index contributed by atoms with van der Waals surface area (Å²) < 4.78 is 0. The smallest absolute Gasteiger partial charge is 0.256 e. The standard InChI is InChI=1S/C21H24N2O/c1-4-14-23(15-8-11-18-9-6-5-7-10-18)21(24)19-16-17(2)12-13-20(19)22-3/h5-7,9-10,12-13,16,22H,4,14-15H2,1-3H3. The van der Waals surface area contributed by atoms with Crippen LogP contribution in [0, 0.1) is 18.8 Å². The molecule has 3 nitrogen and oxygen atoms in total. The second kappa shape index (κ2) is 8.79. The maximum absolute atomic E-state index is 12.9. The molecule has 0 atom stereocenters. The summed E-state index contributed by atoms with van der Waals surface area (Å²) in [5.41, 5.74) is 3.59. The highest BCUT2D eigenvalue weighted by Crippen LogP contribution is 2.19. The molecule has 1 N–H and O–H groups in total. The van der Waals surface area contributed by atoms with E-state index in [2.05, 4.69) is 24.1 Å². The molecule has 0 aliphatic heterocycles. The molecular weight excluding hydrogens is 296 g/mol. The Hall–Kier alpha value is -2.73. The summed E-state index contributed by atoms with van der Waals surface area (Å²) in [5.74, 6) is 6.26. The Kier molecular flexibility index (Phi) is 6.45. The number of hydrogen-bond acceptors (Lipinski definition) is 2. The van der Waals surface area contributed by atoms with Crippen LogP contribution in [0.4, 0.5) is 5.69 Å². The summed E-state index contributed by atoms with van der Waals surface area (Å²) in [5, 5.41) is 3.10. The van der Waals surface area contributed by atoms with Gasteiger partial charge >= 0.3 is 0 Å². The topological polar surface area (TPSA) is 32.3 Å². The highest BCUT2D eigenvalue weighted by atomic mass is 16.2. The van der Waals surface area contributed by atoms with Crippen molar-refractivity contribution >= 4 is 11.6 Å². The van der Waals surface area contributed by atoms with Crippen molar-refractivity contribution in [3.8, 4) is 11.8 Å². The summed E-state index contributed by atoms with van der Waals surface area (Å²) in [6, 6.07) is 15.7. The third-order valence-corrected chi connectivity index (χ3v) is 3.73. The lowest BCUT2D eigenvalue weighted by atomic mass is 10.1. The van der Waals surface area contributed by atoms with Crippen molar-refractivity contribution in [2.45, 2.75) is 20.3 Å². The molecule has 1 amide bonds. The van der Waals surface area contributed by atoms with Gasteiger partial charge in [0.1, 0.15) is 0 Å². The van der Waals surface area contributed by atoms with Gasteiger partial charge in [0.2, 0.25) is 0 Å². The molecular formula is C21H24N2O. The minimum Gasteiger partial charge on any atom is -0.387 e. The molecule has 0 aliphatic carbocycles. The number of carbonyl (C=O) groups is 1. The number of nitrogens with zero attached hydrogens (tertiary/aromatic N) is 1. The van der Waals surface area contributed by atoms with Gasteiger partial charge in [0.25, 0.3) is 5.91 Å². The lowest BCUT2D eigenvalue weighted by Gasteiger charge is -2.21. The van der Waals surface area contributed by atoms with E-state index in [9.17, 15) is 4.79 Å². The van der Waals surface area contributed by atoms with Crippen LogP contribution in [0.2, 0.25) is 0 Å². The molecule has 0 unspecified atom stereocenters. The van der Waals surface area contributed by atoms with Crippen LogP contribution in [0.25, 0.3) is 0 Å². The SMILES string of the molecule is CCCN(CC#Cc1ccccc1)C(=O)c1cc(C)ccc1NC. The Labute approximate surface area is 144 Å². The Morgan fingerprint density at radius 3 is 2.58 bits per heavy atom. The van der Waals surface area contributed by atoms with Gasteiger partial charge in [0, 0.05) is 24.8 Å². The van der Waals surface area contributed by atoms with E-state index >= 15 is 0 Å². The van der Waals surface area contributed by atoms with E-state index in [0.29, 0.717) is 18.7 Å². The fourth-order valence-electron chi connectivity index (χ4n) is 2.50. The predicted octanol–water partition coefficient (Wildman–Crippen LogP) is 3.94. The van der Waals surface area contributed by atoms with Crippen LogP contribution in [-0.4, -0.2) is 30.9 Å². The minimum atomic E-state index is 0.0206. The number of rotatable bonds is 5. The molecule has 24 heavy (non-hydrogen) atoms. The van der Waals surface area contributed by atoms with Crippen molar-refractivity contribution in [2.24, 2.45) is 0 Å². The van der Waals surface area contributed by atoms with Gasteiger partial charge in [0.15, 0.2) is 0 Å². The van der Waals surface area contributed by atoms with Crippen molar-refractivity contribution in [1.29, 1.82) is 0 Å². The van der Waals surface area contributed by atoms with Crippen LogP contribution in [0.15, 0.2) is 48.5 Å². The van der Waals surface area contributed by atoms with E-state index in [1.54, 1.807) is 0 Å². The maximum Gasteiger partial charge on any atom is 0.256 e. The molecule has 0 radical (unpaired) electrons. The molecule has 2 aromatic carbocycles. The molecule has 0 fully saturated rings. The van der Waals surface area contributed by atoms with Gasteiger partial charge in [-0.2, -0.15) is 0 Å². The fourth-order valence-corrected chi connectivity index (χ4v) is 2.50. The van der Waals surface area contributed by atoms with Crippen LogP contribution in [0.3, 0.4) is 0 Å². The Bertz CT molecular complexity index is 741. The third-order valence-electron chi connectivity index (χ3n) is 3.73. The molecule has 0 aliphatic rings. The van der Waals surface area contributed by atoms with Crippen molar-refractivity contribution in [1.82, 2.24) is 4.90 Å². The maximum atomic E-state index is 12.9. The number of aryl methyl sites for hydroxylation is 1. The summed E-state index contributed by atoms with van der Waals surface area (Å²) in [4.78, 5) is 14.7. The summed E-state index contributed by atoms with van der Waals surface area (Å²) >= 11 is 0. The van der Waals surface area contributed by atoms with Crippen LogP contribution in [0.1, 0.15) is 34.8 Å². The monoisotopic (exact) mass is 320 g/mol. The summed E-state index contributed by atoms with van der Waals surface area (Å²) in [7, 11) is 1.83. The molecule has 2 aromatic rings. The second-order valence-corrected chi connectivity index (χ2v) is 5.69. The van der Waals surface area contributed by atoms with Crippen LogP contribution >= 0.6 is 0 Å². The van der Waals surface area contributed by atoms with E-state index in [0.717, 1.165) is 23.2 Å². The predicted molar refractivity (Wildman–Crippen MR) is 100 cm³/mol. The minimum absolute atomic E-state index is 0.0206. The van der Waals surface area contributed by atoms with Crippen molar-refractivity contribution in [2.75, 3.05) is 25.5 Å². The van der Waals surface area contributed by atoms with Gasteiger partial charge in [-0.15, -0.1) is 0 Å². The highest BCUT2D eigenvalue weighted by molar-refractivity contribution is 6.00. The average molecular weight is 320 g/mol. The lowest BCUT2D eigenvalue weighted by molar-refractivity contribution is 0.0777. The zero-order valence-corrected chi connectivity index (χ0v) is 14.6. The number of carbonyl (C=O) groups excluding carboxylic acids is 1. The molecule has 2 rings (SSSR count). The van der Waals surface area contributed by atoms with E-state index < -0.39 is 0 Å². The fraction of sp³-hybridized carbons (Fsp3) is 0.286. The molecule has 0 saturated heterocycles. The normalized spacial score (nSPS) is 9.79. The van der Waals surface area contributed by atoms with Gasteiger partial charge in [-0.1, -0.05) is 48.6 Å². The van der Waals surface area contributed by atoms with E-state index in [1.165, 1.54) is 0 Å². The molecule has 0 heterocycles. The first-order chi connectivity index (χ1) is 11.7. The average Bonchev–Trinajstić information content (AvgIpc) is 2.61. The first-order valence-corrected chi connectivity index (χ1v) is 8.27. The molecule has 0 bridgehead atoms.